The van der Waals surface area contributed by atoms with Crippen LogP contribution in [0.15, 0.2) is 0 Å². The molecule has 0 heterocycles. The standard InChI is InChI=1S/C16H31NO2/c1-4-14(13-8-6-5-7-9-13)11(2)12(3)15(17)10-16(18)19/h11-15H,4-10,17H2,1-3H3,(H,18,19). The van der Waals surface area contributed by atoms with E-state index in [1.807, 2.05) is 0 Å². The third kappa shape index (κ3) is 4.79. The summed E-state index contributed by atoms with van der Waals surface area (Å²) in [5, 5.41) is 8.88. The minimum Gasteiger partial charge on any atom is -0.481 e. The lowest BCUT2D eigenvalue weighted by Gasteiger charge is -2.38. The van der Waals surface area contributed by atoms with Gasteiger partial charge in [0.2, 0.25) is 0 Å². The fraction of sp³-hybridized carbons (Fsp3) is 0.938. The molecule has 0 spiro atoms. The first kappa shape index (κ1) is 16.5. The molecule has 1 rings (SSSR count). The van der Waals surface area contributed by atoms with Crippen molar-refractivity contribution in [3.63, 3.8) is 0 Å². The minimum atomic E-state index is -0.780. The summed E-state index contributed by atoms with van der Waals surface area (Å²) >= 11 is 0. The van der Waals surface area contributed by atoms with Crippen LogP contribution in [-0.4, -0.2) is 17.1 Å². The zero-order valence-electron chi connectivity index (χ0n) is 12.8. The molecule has 3 heteroatoms. The maximum absolute atomic E-state index is 10.8. The van der Waals surface area contributed by atoms with Crippen molar-refractivity contribution >= 4 is 5.97 Å². The predicted octanol–water partition coefficient (Wildman–Crippen LogP) is 3.67. The van der Waals surface area contributed by atoms with Crippen LogP contribution in [0.25, 0.3) is 0 Å². The lowest BCUT2D eigenvalue weighted by atomic mass is 9.68. The van der Waals surface area contributed by atoms with Crippen molar-refractivity contribution in [1.29, 1.82) is 0 Å². The summed E-state index contributed by atoms with van der Waals surface area (Å²) in [7, 11) is 0. The van der Waals surface area contributed by atoms with Crippen molar-refractivity contribution in [1.82, 2.24) is 0 Å². The van der Waals surface area contributed by atoms with Gasteiger partial charge < -0.3 is 10.8 Å². The van der Waals surface area contributed by atoms with Crippen LogP contribution in [0.5, 0.6) is 0 Å². The highest BCUT2D eigenvalue weighted by Crippen LogP contribution is 2.39. The molecule has 3 N–H and O–H groups in total. The van der Waals surface area contributed by atoms with E-state index in [-0.39, 0.29) is 18.4 Å². The molecule has 19 heavy (non-hydrogen) atoms. The molecular formula is C16H31NO2. The fourth-order valence-corrected chi connectivity index (χ4v) is 3.86. The average Bonchev–Trinajstić information content (AvgIpc) is 2.39. The highest BCUT2D eigenvalue weighted by molar-refractivity contribution is 5.67. The monoisotopic (exact) mass is 269 g/mol. The van der Waals surface area contributed by atoms with E-state index in [2.05, 4.69) is 20.8 Å². The van der Waals surface area contributed by atoms with E-state index >= 15 is 0 Å². The minimum absolute atomic E-state index is 0.0899. The molecule has 4 unspecified atom stereocenters. The van der Waals surface area contributed by atoms with Gasteiger partial charge in [-0.1, -0.05) is 59.3 Å². The summed E-state index contributed by atoms with van der Waals surface area (Å²) in [5.41, 5.74) is 6.06. The van der Waals surface area contributed by atoms with Gasteiger partial charge in [-0.25, -0.2) is 0 Å². The summed E-state index contributed by atoms with van der Waals surface area (Å²) in [4.78, 5) is 10.8. The maximum Gasteiger partial charge on any atom is 0.304 e. The molecule has 0 bridgehead atoms. The van der Waals surface area contributed by atoms with Gasteiger partial charge in [0, 0.05) is 6.04 Å². The number of carboxylic acid groups (broad SMARTS) is 1. The Morgan fingerprint density at radius 2 is 1.79 bits per heavy atom. The van der Waals surface area contributed by atoms with E-state index in [1.54, 1.807) is 0 Å². The summed E-state index contributed by atoms with van der Waals surface area (Å²) < 4.78 is 0. The van der Waals surface area contributed by atoms with Crippen LogP contribution in [0.2, 0.25) is 0 Å². The molecule has 0 aromatic heterocycles. The van der Waals surface area contributed by atoms with Crippen LogP contribution in [0.4, 0.5) is 0 Å². The number of hydrogen-bond donors (Lipinski definition) is 2. The van der Waals surface area contributed by atoms with Crippen molar-refractivity contribution in [2.75, 3.05) is 0 Å². The molecule has 0 amide bonds. The lowest BCUT2D eigenvalue weighted by Crippen LogP contribution is -2.38. The van der Waals surface area contributed by atoms with E-state index in [0.717, 1.165) is 5.92 Å². The van der Waals surface area contributed by atoms with Crippen molar-refractivity contribution < 1.29 is 9.90 Å². The van der Waals surface area contributed by atoms with Crippen LogP contribution in [0.3, 0.4) is 0 Å². The zero-order valence-corrected chi connectivity index (χ0v) is 12.8. The zero-order chi connectivity index (χ0) is 14.4. The van der Waals surface area contributed by atoms with Gasteiger partial charge in [-0.2, -0.15) is 0 Å². The molecule has 0 aromatic carbocycles. The Morgan fingerprint density at radius 1 is 1.21 bits per heavy atom. The first-order valence-electron chi connectivity index (χ1n) is 7.94. The van der Waals surface area contributed by atoms with Gasteiger partial charge >= 0.3 is 5.97 Å². The molecule has 3 nitrogen and oxygen atoms in total. The Bertz CT molecular complexity index is 274. The first-order chi connectivity index (χ1) is 8.97. The molecule has 1 aliphatic rings. The van der Waals surface area contributed by atoms with Crippen LogP contribution in [0.1, 0.15) is 65.7 Å². The molecule has 1 saturated carbocycles. The van der Waals surface area contributed by atoms with Gasteiger partial charge in [-0.05, 0) is 23.7 Å². The highest BCUT2D eigenvalue weighted by atomic mass is 16.4. The van der Waals surface area contributed by atoms with Crippen LogP contribution >= 0.6 is 0 Å². The smallest absolute Gasteiger partial charge is 0.304 e. The normalized spacial score (nSPS) is 23.6. The van der Waals surface area contributed by atoms with Gasteiger partial charge in [0.05, 0.1) is 6.42 Å². The highest BCUT2D eigenvalue weighted by Gasteiger charge is 2.32. The van der Waals surface area contributed by atoms with Crippen LogP contribution < -0.4 is 5.73 Å². The fourth-order valence-electron chi connectivity index (χ4n) is 3.86. The third-order valence-electron chi connectivity index (χ3n) is 5.32. The van der Waals surface area contributed by atoms with Crippen molar-refractivity contribution in [2.45, 2.75) is 71.8 Å². The number of hydrogen-bond acceptors (Lipinski definition) is 2. The van der Waals surface area contributed by atoms with Crippen molar-refractivity contribution in [3.05, 3.63) is 0 Å². The van der Waals surface area contributed by atoms with Gasteiger partial charge in [0.15, 0.2) is 0 Å². The Labute approximate surface area is 118 Å². The molecule has 0 radical (unpaired) electrons. The Hall–Kier alpha value is -0.570. The first-order valence-corrected chi connectivity index (χ1v) is 7.94. The Kier molecular flexibility index (Phi) is 6.84. The topological polar surface area (TPSA) is 63.3 Å². The molecule has 0 aromatic rings. The van der Waals surface area contributed by atoms with Gasteiger partial charge in [-0.15, -0.1) is 0 Å². The van der Waals surface area contributed by atoms with E-state index < -0.39 is 5.97 Å². The summed E-state index contributed by atoms with van der Waals surface area (Å²) in [6.07, 6.45) is 8.10. The average molecular weight is 269 g/mol. The van der Waals surface area contributed by atoms with E-state index in [4.69, 9.17) is 10.8 Å². The van der Waals surface area contributed by atoms with Gasteiger partial charge in [-0.3, -0.25) is 4.79 Å². The maximum atomic E-state index is 10.8. The Balaban J connectivity index is 2.60. The largest absolute Gasteiger partial charge is 0.481 e. The van der Waals surface area contributed by atoms with Gasteiger partial charge in [0.1, 0.15) is 0 Å². The molecule has 1 fully saturated rings. The van der Waals surface area contributed by atoms with Crippen LogP contribution in [-0.2, 0) is 4.79 Å². The van der Waals surface area contributed by atoms with E-state index in [0.29, 0.717) is 11.8 Å². The SMILES string of the molecule is CCC(C1CCCCC1)C(C)C(C)C(N)CC(=O)O. The van der Waals surface area contributed by atoms with E-state index in [1.165, 1.54) is 38.5 Å². The Morgan fingerprint density at radius 3 is 2.26 bits per heavy atom. The van der Waals surface area contributed by atoms with Crippen molar-refractivity contribution in [3.8, 4) is 0 Å². The van der Waals surface area contributed by atoms with E-state index in [9.17, 15) is 4.79 Å². The molecular weight excluding hydrogens is 238 g/mol. The number of nitrogens with two attached hydrogens (primary N) is 1. The summed E-state index contributed by atoms with van der Waals surface area (Å²) in [6, 6.07) is -0.217. The molecule has 4 atom stereocenters. The molecule has 0 saturated heterocycles. The molecule has 1 aliphatic carbocycles. The molecule has 0 aliphatic heterocycles. The lowest BCUT2D eigenvalue weighted by molar-refractivity contribution is -0.137. The number of rotatable bonds is 7. The third-order valence-corrected chi connectivity index (χ3v) is 5.32. The second-order valence-electron chi connectivity index (χ2n) is 6.45. The quantitative estimate of drug-likeness (QED) is 0.741. The summed E-state index contributed by atoms with van der Waals surface area (Å²) in [5.74, 6) is 1.55. The predicted molar refractivity (Wildman–Crippen MR) is 78.9 cm³/mol. The molecule has 112 valence electrons. The second kappa shape index (κ2) is 7.88. The summed E-state index contributed by atoms with van der Waals surface area (Å²) in [6.45, 7) is 6.67. The van der Waals surface area contributed by atoms with Crippen molar-refractivity contribution in [2.24, 2.45) is 29.4 Å². The van der Waals surface area contributed by atoms with Crippen LogP contribution in [0, 0.1) is 23.7 Å². The number of aliphatic carboxylic acids is 1. The number of carbonyl (C=O) groups is 1. The number of carboxylic acids is 1. The van der Waals surface area contributed by atoms with Gasteiger partial charge in [0.25, 0.3) is 0 Å². The second-order valence-corrected chi connectivity index (χ2v) is 6.45.